The number of carbonyl (C=O) groups is 1. The summed E-state index contributed by atoms with van der Waals surface area (Å²) >= 11 is 0. The van der Waals surface area contributed by atoms with Crippen molar-refractivity contribution in [1.82, 2.24) is 0 Å². The van der Waals surface area contributed by atoms with E-state index in [0.29, 0.717) is 0 Å². The molecule has 1 fully saturated rings. The van der Waals surface area contributed by atoms with E-state index in [0.717, 1.165) is 12.2 Å². The average molecular weight is 142 g/mol. The predicted molar refractivity (Wildman–Crippen MR) is 44.0 cm³/mol. The first kappa shape index (κ1) is 9.67. The summed E-state index contributed by atoms with van der Waals surface area (Å²) in [6.45, 7) is 3.80. The smallest absolute Gasteiger partial charge is 0.116 e. The van der Waals surface area contributed by atoms with E-state index in [1.165, 1.54) is 39.0 Å². The van der Waals surface area contributed by atoms with Gasteiger partial charge in [-0.05, 0) is 12.8 Å². The van der Waals surface area contributed by atoms with E-state index < -0.39 is 0 Å². The molecule has 1 saturated carbocycles. The largest absolute Gasteiger partial charge is 0.304 e. The molecule has 0 atom stereocenters. The van der Waals surface area contributed by atoms with Crippen molar-refractivity contribution in [2.75, 3.05) is 0 Å². The minimum Gasteiger partial charge on any atom is -0.304 e. The van der Waals surface area contributed by atoms with Crippen LogP contribution in [0.25, 0.3) is 0 Å². The highest BCUT2D eigenvalue weighted by atomic mass is 16.1. The van der Waals surface area contributed by atoms with Crippen molar-refractivity contribution in [1.29, 1.82) is 0 Å². The predicted octanol–water partition coefficient (Wildman–Crippen LogP) is 2.79. The van der Waals surface area contributed by atoms with Crippen LogP contribution in [0.2, 0.25) is 0 Å². The zero-order valence-corrected chi connectivity index (χ0v) is 7.10. The third-order valence-electron chi connectivity index (χ3n) is 1.89. The van der Waals surface area contributed by atoms with Crippen molar-refractivity contribution in [2.45, 2.75) is 46.0 Å². The molecule has 1 heteroatoms. The molecule has 1 aliphatic carbocycles. The fraction of sp³-hybridized carbons (Fsp3) is 0.889. The molecule has 0 amide bonds. The molecule has 0 radical (unpaired) electrons. The number of aldehydes is 1. The summed E-state index contributed by atoms with van der Waals surface area (Å²) in [6.07, 6.45) is 8.19. The first-order valence-electron chi connectivity index (χ1n) is 4.21. The van der Waals surface area contributed by atoms with Gasteiger partial charge in [0.25, 0.3) is 0 Å². The fourth-order valence-corrected chi connectivity index (χ4v) is 1.31. The summed E-state index contributed by atoms with van der Waals surface area (Å²) < 4.78 is 0. The zero-order chi connectivity index (χ0) is 7.82. The Bertz CT molecular complexity index is 72.8. The van der Waals surface area contributed by atoms with Gasteiger partial charge in [0.15, 0.2) is 0 Å². The minimum absolute atomic E-state index is 0.750. The monoisotopic (exact) mass is 142 g/mol. The van der Waals surface area contributed by atoms with Crippen LogP contribution in [-0.4, -0.2) is 6.29 Å². The summed E-state index contributed by atoms with van der Waals surface area (Å²) in [5.41, 5.74) is 0. The molecule has 0 saturated heterocycles. The summed E-state index contributed by atoms with van der Waals surface area (Å²) in [4.78, 5) is 8.81. The van der Waals surface area contributed by atoms with Crippen molar-refractivity contribution in [3.63, 3.8) is 0 Å². The zero-order valence-electron chi connectivity index (χ0n) is 7.10. The van der Waals surface area contributed by atoms with Gasteiger partial charge in [-0.25, -0.2) is 0 Å². The van der Waals surface area contributed by atoms with Gasteiger partial charge in [-0.2, -0.15) is 0 Å². The molecule has 1 nitrogen and oxygen atoms in total. The molecule has 1 aliphatic rings. The standard InChI is InChI=1S/C7H14.C2H4O/c1-7-5-3-2-4-6-7;1-2-3/h7H,2-6H2,1H3;2H,1H3. The van der Waals surface area contributed by atoms with Crippen molar-refractivity contribution in [3.05, 3.63) is 0 Å². The first-order valence-corrected chi connectivity index (χ1v) is 4.21. The van der Waals surface area contributed by atoms with E-state index in [2.05, 4.69) is 6.92 Å². The fourth-order valence-electron chi connectivity index (χ4n) is 1.31. The summed E-state index contributed by atoms with van der Waals surface area (Å²) in [5, 5.41) is 0. The van der Waals surface area contributed by atoms with Crippen molar-refractivity contribution in [3.8, 4) is 0 Å². The second kappa shape index (κ2) is 6.79. The van der Waals surface area contributed by atoms with Gasteiger partial charge in [0.1, 0.15) is 6.29 Å². The van der Waals surface area contributed by atoms with Crippen LogP contribution in [0.15, 0.2) is 0 Å². The second-order valence-corrected chi connectivity index (χ2v) is 2.98. The van der Waals surface area contributed by atoms with Gasteiger partial charge in [-0.15, -0.1) is 0 Å². The van der Waals surface area contributed by atoms with Crippen LogP contribution >= 0.6 is 0 Å². The van der Waals surface area contributed by atoms with Gasteiger partial charge in [0, 0.05) is 0 Å². The lowest BCUT2D eigenvalue weighted by atomic mass is 9.91. The van der Waals surface area contributed by atoms with Gasteiger partial charge in [-0.1, -0.05) is 39.0 Å². The Balaban J connectivity index is 0.000000236. The van der Waals surface area contributed by atoms with Crippen molar-refractivity contribution in [2.24, 2.45) is 5.92 Å². The number of hydrogen-bond donors (Lipinski definition) is 0. The topological polar surface area (TPSA) is 17.1 Å². The number of rotatable bonds is 0. The maximum absolute atomic E-state index is 8.81. The Kier molecular flexibility index (Phi) is 6.56. The van der Waals surface area contributed by atoms with E-state index in [1.54, 1.807) is 0 Å². The van der Waals surface area contributed by atoms with Crippen LogP contribution in [0.1, 0.15) is 46.0 Å². The van der Waals surface area contributed by atoms with Crippen LogP contribution in [0.5, 0.6) is 0 Å². The quantitative estimate of drug-likeness (QED) is 0.475. The molecule has 0 aliphatic heterocycles. The molecule has 1 rings (SSSR count). The normalized spacial score (nSPS) is 19.0. The first-order chi connectivity index (χ1) is 4.81. The lowest BCUT2D eigenvalue weighted by Crippen LogP contribution is -1.99. The van der Waals surface area contributed by atoms with Gasteiger partial charge >= 0.3 is 0 Å². The van der Waals surface area contributed by atoms with Gasteiger partial charge < -0.3 is 4.79 Å². The number of carbonyl (C=O) groups excluding carboxylic acids is 1. The van der Waals surface area contributed by atoms with Gasteiger partial charge in [0.05, 0.1) is 0 Å². The maximum Gasteiger partial charge on any atom is 0.116 e. The summed E-state index contributed by atoms with van der Waals surface area (Å²) in [7, 11) is 0. The second-order valence-electron chi connectivity index (χ2n) is 2.98. The Morgan fingerprint density at radius 1 is 1.20 bits per heavy atom. The van der Waals surface area contributed by atoms with Crippen LogP contribution < -0.4 is 0 Å². The molecule has 0 spiro atoms. The highest BCUT2D eigenvalue weighted by molar-refractivity contribution is 5.44. The molecular formula is C9H18O. The molecule has 0 heterocycles. The van der Waals surface area contributed by atoms with Crippen LogP contribution in [-0.2, 0) is 4.79 Å². The third-order valence-corrected chi connectivity index (χ3v) is 1.89. The molecular weight excluding hydrogens is 124 g/mol. The Morgan fingerprint density at radius 3 is 1.80 bits per heavy atom. The average Bonchev–Trinajstić information content (AvgIpc) is 1.91. The molecule has 0 N–H and O–H groups in total. The van der Waals surface area contributed by atoms with Crippen molar-refractivity contribution >= 4 is 6.29 Å². The maximum atomic E-state index is 8.81. The third kappa shape index (κ3) is 5.80. The van der Waals surface area contributed by atoms with Gasteiger partial charge in [0.2, 0.25) is 0 Å². The van der Waals surface area contributed by atoms with Gasteiger partial charge in [-0.3, -0.25) is 0 Å². The minimum atomic E-state index is 0.750. The summed E-state index contributed by atoms with van der Waals surface area (Å²) in [5.74, 6) is 1.04. The molecule has 0 aromatic heterocycles. The molecule has 60 valence electrons. The Morgan fingerprint density at radius 2 is 1.60 bits per heavy atom. The van der Waals surface area contributed by atoms with E-state index in [1.807, 2.05) is 0 Å². The number of hydrogen-bond acceptors (Lipinski definition) is 1. The molecule has 0 aromatic rings. The SMILES string of the molecule is CC1CCCCC1.CC=O. The van der Waals surface area contributed by atoms with E-state index >= 15 is 0 Å². The molecule has 10 heavy (non-hydrogen) atoms. The molecule has 0 aromatic carbocycles. The summed E-state index contributed by atoms with van der Waals surface area (Å²) in [6, 6.07) is 0. The van der Waals surface area contributed by atoms with Crippen molar-refractivity contribution < 1.29 is 4.79 Å². The highest BCUT2D eigenvalue weighted by Gasteiger charge is 2.05. The molecule has 0 unspecified atom stereocenters. The Hall–Kier alpha value is -0.330. The lowest BCUT2D eigenvalue weighted by molar-refractivity contribution is -0.106. The van der Waals surface area contributed by atoms with E-state index in [-0.39, 0.29) is 0 Å². The highest BCUT2D eigenvalue weighted by Crippen LogP contribution is 2.21. The lowest BCUT2D eigenvalue weighted by Gasteiger charge is -2.15. The van der Waals surface area contributed by atoms with Crippen LogP contribution in [0, 0.1) is 5.92 Å². The van der Waals surface area contributed by atoms with E-state index in [4.69, 9.17) is 4.79 Å². The molecule has 0 bridgehead atoms. The van der Waals surface area contributed by atoms with E-state index in [9.17, 15) is 0 Å². The Labute approximate surface area is 63.8 Å². The van der Waals surface area contributed by atoms with Crippen LogP contribution in [0.3, 0.4) is 0 Å². The van der Waals surface area contributed by atoms with Crippen LogP contribution in [0.4, 0.5) is 0 Å².